The first-order valence-corrected chi connectivity index (χ1v) is 7.57. The zero-order valence-electron chi connectivity index (χ0n) is 14.1. The van der Waals surface area contributed by atoms with Crippen molar-refractivity contribution >= 4 is 17.3 Å². The Morgan fingerprint density at radius 2 is 1.75 bits per heavy atom. The van der Waals surface area contributed by atoms with Gasteiger partial charge in [0.15, 0.2) is 6.10 Å². The van der Waals surface area contributed by atoms with Crippen LogP contribution < -0.4 is 10.1 Å². The summed E-state index contributed by atoms with van der Waals surface area (Å²) in [4.78, 5) is 22.7. The van der Waals surface area contributed by atoms with Crippen molar-refractivity contribution in [1.29, 1.82) is 0 Å². The number of hydrogen-bond acceptors (Lipinski definition) is 4. The van der Waals surface area contributed by atoms with Crippen molar-refractivity contribution in [1.82, 2.24) is 0 Å². The molecule has 1 atom stereocenters. The van der Waals surface area contributed by atoms with Gasteiger partial charge < -0.3 is 10.1 Å². The number of nitrogens with zero attached hydrogens (tertiary/aromatic N) is 1. The van der Waals surface area contributed by atoms with Crippen molar-refractivity contribution in [3.8, 4) is 5.75 Å². The van der Waals surface area contributed by atoms with Gasteiger partial charge >= 0.3 is 0 Å². The third-order valence-corrected chi connectivity index (χ3v) is 3.57. The van der Waals surface area contributed by atoms with Crippen LogP contribution in [0, 0.1) is 30.9 Å². The second-order valence-electron chi connectivity index (χ2n) is 5.83. The molecule has 0 unspecified atom stereocenters. The minimum atomic E-state index is -0.732. The maximum absolute atomic E-state index is 12.3. The Morgan fingerprint density at radius 1 is 1.12 bits per heavy atom. The average Bonchev–Trinajstić information content (AvgIpc) is 2.48. The zero-order chi connectivity index (χ0) is 17.9. The van der Waals surface area contributed by atoms with Crippen molar-refractivity contribution < 1.29 is 14.5 Å². The summed E-state index contributed by atoms with van der Waals surface area (Å²) in [6.45, 7) is 7.32. The van der Waals surface area contributed by atoms with Crippen LogP contribution in [0.4, 0.5) is 11.4 Å². The van der Waals surface area contributed by atoms with Crippen molar-refractivity contribution in [3.05, 3.63) is 63.2 Å². The largest absolute Gasteiger partial charge is 0.481 e. The zero-order valence-corrected chi connectivity index (χ0v) is 14.1. The molecule has 0 aromatic heterocycles. The molecule has 1 amide bonds. The number of hydrogen-bond donors (Lipinski definition) is 1. The summed E-state index contributed by atoms with van der Waals surface area (Å²) in [7, 11) is 0. The van der Waals surface area contributed by atoms with E-state index in [0.717, 1.165) is 16.7 Å². The highest BCUT2D eigenvalue weighted by molar-refractivity contribution is 5.95. The molecule has 0 saturated carbocycles. The summed E-state index contributed by atoms with van der Waals surface area (Å²) in [6.07, 6.45) is -0.732. The maximum Gasteiger partial charge on any atom is 0.271 e. The summed E-state index contributed by atoms with van der Waals surface area (Å²) in [5, 5.41) is 13.5. The highest BCUT2D eigenvalue weighted by Crippen LogP contribution is 2.23. The molecule has 2 aromatic carbocycles. The maximum atomic E-state index is 12.3. The lowest BCUT2D eigenvalue weighted by Crippen LogP contribution is -2.30. The Morgan fingerprint density at radius 3 is 2.33 bits per heavy atom. The van der Waals surface area contributed by atoms with E-state index >= 15 is 0 Å². The molecule has 24 heavy (non-hydrogen) atoms. The van der Waals surface area contributed by atoms with E-state index in [1.54, 1.807) is 19.9 Å². The fourth-order valence-corrected chi connectivity index (χ4v) is 2.35. The molecule has 0 saturated heterocycles. The molecule has 0 heterocycles. The Balaban J connectivity index is 2.11. The fraction of sp³-hybridized carbons (Fsp3) is 0.278. The number of carbonyl (C=O) groups excluding carboxylic acids is 1. The van der Waals surface area contributed by atoms with Gasteiger partial charge in [0.1, 0.15) is 5.75 Å². The highest BCUT2D eigenvalue weighted by Gasteiger charge is 2.17. The summed E-state index contributed by atoms with van der Waals surface area (Å²) in [5.74, 6) is 0.253. The van der Waals surface area contributed by atoms with Crippen LogP contribution in [0.3, 0.4) is 0 Å². The summed E-state index contributed by atoms with van der Waals surface area (Å²) in [6, 6.07) is 10.1. The van der Waals surface area contributed by atoms with Crippen molar-refractivity contribution in [2.45, 2.75) is 33.8 Å². The number of rotatable bonds is 5. The monoisotopic (exact) mass is 328 g/mol. The van der Waals surface area contributed by atoms with Gasteiger partial charge in [-0.3, -0.25) is 14.9 Å². The molecule has 6 nitrogen and oxygen atoms in total. The van der Waals surface area contributed by atoms with Gasteiger partial charge in [-0.15, -0.1) is 0 Å². The molecule has 0 aliphatic carbocycles. The van der Waals surface area contributed by atoms with Crippen LogP contribution in [0.1, 0.15) is 23.6 Å². The molecule has 0 aliphatic heterocycles. The molecule has 0 fully saturated rings. The molecule has 2 rings (SSSR count). The number of amides is 1. The van der Waals surface area contributed by atoms with Gasteiger partial charge in [0.2, 0.25) is 0 Å². The topological polar surface area (TPSA) is 81.5 Å². The Bertz CT molecular complexity index is 766. The molecule has 126 valence electrons. The molecule has 0 bridgehead atoms. The van der Waals surface area contributed by atoms with E-state index < -0.39 is 11.0 Å². The van der Waals surface area contributed by atoms with Crippen molar-refractivity contribution in [2.24, 2.45) is 0 Å². The first-order chi connectivity index (χ1) is 11.3. The van der Waals surface area contributed by atoms with E-state index in [4.69, 9.17) is 4.74 Å². The van der Waals surface area contributed by atoms with Gasteiger partial charge in [-0.25, -0.2) is 0 Å². The number of nitrogens with one attached hydrogen (secondary N) is 1. The number of aryl methyl sites for hydroxylation is 3. The second-order valence-corrected chi connectivity index (χ2v) is 5.83. The summed E-state index contributed by atoms with van der Waals surface area (Å²) >= 11 is 0. The van der Waals surface area contributed by atoms with Crippen LogP contribution in [-0.4, -0.2) is 16.9 Å². The molecule has 0 radical (unpaired) electrons. The summed E-state index contributed by atoms with van der Waals surface area (Å²) in [5.41, 5.74) is 3.18. The van der Waals surface area contributed by atoms with E-state index in [0.29, 0.717) is 11.4 Å². The normalized spacial score (nSPS) is 11.7. The smallest absolute Gasteiger partial charge is 0.271 e. The summed E-state index contributed by atoms with van der Waals surface area (Å²) < 4.78 is 5.68. The van der Waals surface area contributed by atoms with Crippen molar-refractivity contribution in [3.63, 3.8) is 0 Å². The number of non-ortho nitro benzene ring substituents is 1. The molecule has 2 aromatic rings. The molecule has 6 heteroatoms. The number of nitro groups is 1. The molecular weight excluding hydrogens is 308 g/mol. The third-order valence-electron chi connectivity index (χ3n) is 3.57. The predicted octanol–water partition coefficient (Wildman–Crippen LogP) is 3.93. The van der Waals surface area contributed by atoms with Crippen LogP contribution in [0.15, 0.2) is 36.4 Å². The number of ether oxygens (including phenoxy) is 1. The van der Waals surface area contributed by atoms with E-state index in [2.05, 4.69) is 5.32 Å². The number of nitro benzene ring substituents is 1. The Labute approximate surface area is 140 Å². The second kappa shape index (κ2) is 7.12. The molecule has 0 aliphatic rings. The SMILES string of the molecule is Cc1cc(C)cc(O[C@H](C)C(=O)Nc2cc([N+](=O)[O-])ccc2C)c1. The average molecular weight is 328 g/mol. The van der Waals surface area contributed by atoms with Gasteiger partial charge in [-0.1, -0.05) is 12.1 Å². The predicted molar refractivity (Wildman–Crippen MR) is 92.5 cm³/mol. The van der Waals surface area contributed by atoms with Gasteiger partial charge in [0.05, 0.1) is 10.6 Å². The highest BCUT2D eigenvalue weighted by atomic mass is 16.6. The third kappa shape index (κ3) is 4.32. The fourth-order valence-electron chi connectivity index (χ4n) is 2.35. The van der Waals surface area contributed by atoms with E-state index in [9.17, 15) is 14.9 Å². The lowest BCUT2D eigenvalue weighted by atomic mass is 10.1. The van der Waals surface area contributed by atoms with Crippen LogP contribution in [0.2, 0.25) is 0 Å². The Kier molecular flexibility index (Phi) is 5.18. The van der Waals surface area contributed by atoms with Gasteiger partial charge in [0, 0.05) is 12.1 Å². The van der Waals surface area contributed by atoms with Crippen LogP contribution in [-0.2, 0) is 4.79 Å². The molecular formula is C18H20N2O4. The van der Waals surface area contributed by atoms with Crippen molar-refractivity contribution in [2.75, 3.05) is 5.32 Å². The minimum absolute atomic E-state index is 0.0706. The number of anilines is 1. The van der Waals surface area contributed by atoms with E-state index in [1.807, 2.05) is 32.0 Å². The molecule has 1 N–H and O–H groups in total. The number of benzene rings is 2. The lowest BCUT2D eigenvalue weighted by Gasteiger charge is -2.16. The van der Waals surface area contributed by atoms with Crippen LogP contribution >= 0.6 is 0 Å². The molecule has 0 spiro atoms. The van der Waals surface area contributed by atoms with Crippen LogP contribution in [0.25, 0.3) is 0 Å². The lowest BCUT2D eigenvalue weighted by molar-refractivity contribution is -0.384. The van der Waals surface area contributed by atoms with Gasteiger partial charge in [-0.2, -0.15) is 0 Å². The quantitative estimate of drug-likeness (QED) is 0.666. The van der Waals surface area contributed by atoms with E-state index in [1.165, 1.54) is 12.1 Å². The minimum Gasteiger partial charge on any atom is -0.481 e. The standard InChI is InChI=1S/C18H20N2O4/c1-11-7-12(2)9-16(8-11)24-14(4)18(21)19-17-10-15(20(22)23)6-5-13(17)3/h5-10,14H,1-4H3,(H,19,21)/t14-/m1/s1. The Hall–Kier alpha value is -2.89. The van der Waals surface area contributed by atoms with Gasteiger partial charge in [0.25, 0.3) is 11.6 Å². The first-order valence-electron chi connectivity index (χ1n) is 7.57. The first kappa shape index (κ1) is 17.5. The van der Waals surface area contributed by atoms with Crippen LogP contribution in [0.5, 0.6) is 5.75 Å². The van der Waals surface area contributed by atoms with Gasteiger partial charge in [-0.05, 0) is 56.5 Å². The van der Waals surface area contributed by atoms with E-state index in [-0.39, 0.29) is 11.6 Å². The number of carbonyl (C=O) groups is 1.